The van der Waals surface area contributed by atoms with Crippen molar-refractivity contribution in [1.82, 2.24) is 9.88 Å². The summed E-state index contributed by atoms with van der Waals surface area (Å²) in [5.74, 6) is -2.45. The number of hydrogen-bond acceptors (Lipinski definition) is 5. The van der Waals surface area contributed by atoms with E-state index < -0.39 is 12.1 Å². The fourth-order valence-electron chi connectivity index (χ4n) is 3.87. The number of pyridine rings is 1. The minimum absolute atomic E-state index is 0.0720. The fourth-order valence-corrected chi connectivity index (χ4v) is 4.56. The van der Waals surface area contributed by atoms with E-state index in [2.05, 4.69) is 4.98 Å². The maximum Gasteiger partial charge on any atom is 0.490 e. The summed E-state index contributed by atoms with van der Waals surface area (Å²) in [4.78, 5) is 43.2. The zero-order valence-electron chi connectivity index (χ0n) is 16.3. The zero-order chi connectivity index (χ0) is 22.6. The molecule has 166 valence electrons. The highest BCUT2D eigenvalue weighted by Crippen LogP contribution is 2.35. The van der Waals surface area contributed by atoms with Crippen LogP contribution in [-0.4, -0.2) is 57.6 Å². The number of rotatable bonds is 3. The number of likely N-dealkylation sites (tertiary alicyclic amines) is 1. The van der Waals surface area contributed by atoms with Crippen molar-refractivity contribution in [2.24, 2.45) is 0 Å². The molecule has 2 aromatic rings. The van der Waals surface area contributed by atoms with Crippen LogP contribution >= 0.6 is 11.3 Å². The van der Waals surface area contributed by atoms with Gasteiger partial charge in [0.25, 0.3) is 0 Å². The lowest BCUT2D eigenvalue weighted by atomic mass is 9.95. The summed E-state index contributed by atoms with van der Waals surface area (Å²) < 4.78 is 31.7. The van der Waals surface area contributed by atoms with Crippen LogP contribution in [0, 0.1) is 0 Å². The Morgan fingerprint density at radius 2 is 1.94 bits per heavy atom. The molecular formula is C20H20F3N3O4S. The Balaban J connectivity index is 0.000000339. The Kier molecular flexibility index (Phi) is 6.94. The van der Waals surface area contributed by atoms with E-state index in [1.165, 1.54) is 0 Å². The standard InChI is InChI=1S/C18H19N3O2S.C2HF3O2/c22-17-6-5-15-16(21(17)13-3-1-8-19-12-13)7-9-20(15)18(23)11-14-4-2-10-24-14;3-2(4,5)1(6)7/h1-4,8,10,12,15-16H,5-7,9,11H2;(H,6,7)/t15-,16-;/m0./s1. The number of carbonyl (C=O) groups excluding carboxylic acids is 2. The third kappa shape index (κ3) is 5.40. The molecule has 0 spiro atoms. The summed E-state index contributed by atoms with van der Waals surface area (Å²) in [5, 5.41) is 9.12. The Labute approximate surface area is 180 Å². The predicted octanol–water partition coefficient (Wildman–Crippen LogP) is 3.12. The molecule has 11 heteroatoms. The van der Waals surface area contributed by atoms with Crippen LogP contribution in [0.2, 0.25) is 0 Å². The van der Waals surface area contributed by atoms with E-state index in [0.29, 0.717) is 12.8 Å². The smallest absolute Gasteiger partial charge is 0.475 e. The summed E-state index contributed by atoms with van der Waals surface area (Å²) in [5.41, 5.74) is 0.838. The second-order valence-electron chi connectivity index (χ2n) is 7.08. The van der Waals surface area contributed by atoms with Gasteiger partial charge in [-0.25, -0.2) is 4.79 Å². The van der Waals surface area contributed by atoms with Gasteiger partial charge in [0.05, 0.1) is 30.4 Å². The van der Waals surface area contributed by atoms with Crippen molar-refractivity contribution in [1.29, 1.82) is 0 Å². The molecule has 0 unspecified atom stereocenters. The zero-order valence-corrected chi connectivity index (χ0v) is 17.1. The van der Waals surface area contributed by atoms with Crippen LogP contribution < -0.4 is 4.90 Å². The summed E-state index contributed by atoms with van der Waals surface area (Å²) in [6.45, 7) is 0.726. The number of piperidine rings is 1. The average molecular weight is 455 g/mol. The molecule has 2 saturated heterocycles. The van der Waals surface area contributed by atoms with Gasteiger partial charge >= 0.3 is 12.1 Å². The molecule has 0 saturated carbocycles. The highest BCUT2D eigenvalue weighted by molar-refractivity contribution is 7.10. The van der Waals surface area contributed by atoms with Gasteiger partial charge in [0.1, 0.15) is 0 Å². The predicted molar refractivity (Wildman–Crippen MR) is 107 cm³/mol. The van der Waals surface area contributed by atoms with Crippen LogP contribution in [0.5, 0.6) is 0 Å². The molecule has 31 heavy (non-hydrogen) atoms. The Hall–Kier alpha value is -2.95. The first-order valence-corrected chi connectivity index (χ1v) is 10.4. The highest BCUT2D eigenvalue weighted by Gasteiger charge is 2.45. The number of anilines is 1. The molecule has 0 aliphatic carbocycles. The van der Waals surface area contributed by atoms with E-state index in [1.54, 1.807) is 23.7 Å². The first kappa shape index (κ1) is 22.7. The van der Waals surface area contributed by atoms with Gasteiger partial charge in [0.2, 0.25) is 11.8 Å². The Morgan fingerprint density at radius 1 is 1.19 bits per heavy atom. The second kappa shape index (κ2) is 9.46. The third-order valence-electron chi connectivity index (χ3n) is 5.16. The molecule has 2 aromatic heterocycles. The minimum Gasteiger partial charge on any atom is -0.475 e. The number of aliphatic carboxylic acids is 1. The molecule has 4 heterocycles. The van der Waals surface area contributed by atoms with Gasteiger partial charge in [-0.3, -0.25) is 14.6 Å². The van der Waals surface area contributed by atoms with Crippen molar-refractivity contribution in [3.05, 3.63) is 46.9 Å². The van der Waals surface area contributed by atoms with Gasteiger partial charge in [-0.15, -0.1) is 11.3 Å². The van der Waals surface area contributed by atoms with Crippen LogP contribution in [0.3, 0.4) is 0 Å². The molecule has 0 radical (unpaired) electrons. The van der Waals surface area contributed by atoms with E-state index in [9.17, 15) is 22.8 Å². The number of alkyl halides is 3. The van der Waals surface area contributed by atoms with Crippen LogP contribution in [0.15, 0.2) is 42.0 Å². The summed E-state index contributed by atoms with van der Waals surface area (Å²) >= 11 is 1.62. The number of carbonyl (C=O) groups is 3. The molecule has 0 aromatic carbocycles. The molecule has 2 atom stereocenters. The number of thiophene rings is 1. The number of carboxylic acid groups (broad SMARTS) is 1. The lowest BCUT2D eigenvalue weighted by Crippen LogP contribution is -2.53. The number of nitrogens with zero attached hydrogens (tertiary/aromatic N) is 3. The Bertz CT molecular complexity index is 922. The lowest BCUT2D eigenvalue weighted by molar-refractivity contribution is -0.192. The van der Waals surface area contributed by atoms with E-state index >= 15 is 0 Å². The molecule has 2 aliphatic rings. The molecule has 2 amide bonds. The Morgan fingerprint density at radius 3 is 2.52 bits per heavy atom. The molecule has 4 rings (SSSR count). The number of amides is 2. The maximum absolute atomic E-state index is 12.7. The topological polar surface area (TPSA) is 90.8 Å². The fraction of sp³-hybridized carbons (Fsp3) is 0.400. The first-order chi connectivity index (χ1) is 14.7. The van der Waals surface area contributed by atoms with Crippen molar-refractivity contribution in [3.8, 4) is 0 Å². The number of hydrogen-bond donors (Lipinski definition) is 1. The van der Waals surface area contributed by atoms with Gasteiger partial charge in [0, 0.05) is 24.0 Å². The van der Waals surface area contributed by atoms with Gasteiger partial charge in [-0.2, -0.15) is 13.2 Å². The van der Waals surface area contributed by atoms with Crippen LogP contribution in [0.25, 0.3) is 0 Å². The van der Waals surface area contributed by atoms with E-state index in [4.69, 9.17) is 9.90 Å². The number of halogens is 3. The van der Waals surface area contributed by atoms with Gasteiger partial charge in [-0.1, -0.05) is 6.07 Å². The van der Waals surface area contributed by atoms with Crippen molar-refractivity contribution >= 4 is 34.8 Å². The van der Waals surface area contributed by atoms with Crippen molar-refractivity contribution in [2.75, 3.05) is 11.4 Å². The molecule has 0 bridgehead atoms. The summed E-state index contributed by atoms with van der Waals surface area (Å²) in [6.07, 6.45) is 0.899. The first-order valence-electron chi connectivity index (χ1n) is 9.52. The SMILES string of the molecule is O=C(Cc1cccs1)N1CC[C@H]2[C@@H]1CCC(=O)N2c1cccnc1.O=C(O)C(F)(F)F. The van der Waals surface area contributed by atoms with Crippen molar-refractivity contribution in [2.45, 2.75) is 43.9 Å². The molecule has 1 N–H and O–H groups in total. The van der Waals surface area contributed by atoms with Gasteiger partial charge in [0.15, 0.2) is 0 Å². The quantitative estimate of drug-likeness (QED) is 0.768. The van der Waals surface area contributed by atoms with Crippen LogP contribution in [0.1, 0.15) is 24.1 Å². The van der Waals surface area contributed by atoms with E-state index in [-0.39, 0.29) is 23.9 Å². The third-order valence-corrected chi connectivity index (χ3v) is 6.03. The molecular weight excluding hydrogens is 435 g/mol. The average Bonchev–Trinajstić information content (AvgIpc) is 3.38. The van der Waals surface area contributed by atoms with E-state index in [0.717, 1.165) is 30.0 Å². The molecule has 2 aliphatic heterocycles. The summed E-state index contributed by atoms with van der Waals surface area (Å²) in [6, 6.07) is 7.94. The normalized spacial score (nSPS) is 20.7. The van der Waals surface area contributed by atoms with Crippen molar-refractivity contribution < 1.29 is 32.7 Å². The van der Waals surface area contributed by atoms with Gasteiger partial charge in [-0.05, 0) is 36.4 Å². The lowest BCUT2D eigenvalue weighted by Gasteiger charge is -2.39. The van der Waals surface area contributed by atoms with E-state index in [1.807, 2.05) is 39.4 Å². The minimum atomic E-state index is -5.08. The van der Waals surface area contributed by atoms with Crippen LogP contribution in [0.4, 0.5) is 18.9 Å². The monoisotopic (exact) mass is 455 g/mol. The van der Waals surface area contributed by atoms with Gasteiger partial charge < -0.3 is 14.9 Å². The van der Waals surface area contributed by atoms with Crippen molar-refractivity contribution in [3.63, 3.8) is 0 Å². The summed E-state index contributed by atoms with van der Waals surface area (Å²) in [7, 11) is 0. The number of fused-ring (bicyclic) bond motifs is 1. The van der Waals surface area contributed by atoms with Crippen LogP contribution in [-0.2, 0) is 20.8 Å². The second-order valence-corrected chi connectivity index (χ2v) is 8.12. The molecule has 2 fully saturated rings. The maximum atomic E-state index is 12.7. The highest BCUT2D eigenvalue weighted by atomic mass is 32.1. The molecule has 7 nitrogen and oxygen atoms in total. The number of aromatic nitrogens is 1. The number of carboxylic acids is 1. The largest absolute Gasteiger partial charge is 0.490 e.